The second-order valence-electron chi connectivity index (χ2n) is 5.98. The molecule has 0 fully saturated rings. The molecule has 3 heteroatoms. The summed E-state index contributed by atoms with van der Waals surface area (Å²) in [7, 11) is 0. The molecule has 3 aromatic rings. The molecule has 0 unspecified atom stereocenters. The fraction of sp³-hybridized carbons (Fsp3) is 0.263. The Kier molecular flexibility index (Phi) is 3.42. The molecular formula is C19H17ClFN. The number of aryl methyl sites for hydroxylation is 1. The van der Waals surface area contributed by atoms with Crippen LogP contribution in [0.1, 0.15) is 29.7 Å². The van der Waals surface area contributed by atoms with E-state index in [9.17, 15) is 4.39 Å². The van der Waals surface area contributed by atoms with Crippen molar-refractivity contribution in [3.05, 3.63) is 70.1 Å². The van der Waals surface area contributed by atoms with Gasteiger partial charge in [-0.2, -0.15) is 0 Å². The van der Waals surface area contributed by atoms with E-state index in [0.717, 1.165) is 34.3 Å². The van der Waals surface area contributed by atoms with Crippen LogP contribution in [0.25, 0.3) is 10.9 Å². The summed E-state index contributed by atoms with van der Waals surface area (Å²) >= 11 is 5.96. The molecule has 0 amide bonds. The van der Waals surface area contributed by atoms with Crippen LogP contribution in [0.2, 0.25) is 5.02 Å². The van der Waals surface area contributed by atoms with Gasteiger partial charge in [0.25, 0.3) is 0 Å². The predicted octanol–water partition coefficient (Wildman–Crippen LogP) is 5.36. The molecule has 0 spiro atoms. The largest absolute Gasteiger partial charge is 0.338 e. The van der Waals surface area contributed by atoms with Crippen LogP contribution in [0.3, 0.4) is 0 Å². The Hall–Kier alpha value is -1.80. The van der Waals surface area contributed by atoms with Gasteiger partial charge in [0.1, 0.15) is 5.82 Å². The molecule has 0 radical (unpaired) electrons. The first-order valence-corrected chi connectivity index (χ1v) is 8.15. The molecule has 1 aliphatic carbocycles. The molecule has 0 N–H and O–H groups in total. The topological polar surface area (TPSA) is 4.93 Å². The quantitative estimate of drug-likeness (QED) is 0.600. The molecule has 2 aromatic carbocycles. The molecule has 1 aliphatic rings. The highest BCUT2D eigenvalue weighted by Gasteiger charge is 2.21. The maximum atomic E-state index is 14.5. The molecule has 112 valence electrons. The van der Waals surface area contributed by atoms with Crippen molar-refractivity contribution >= 4 is 22.5 Å². The third-order valence-electron chi connectivity index (χ3n) is 4.60. The maximum Gasteiger partial charge on any atom is 0.147 e. The Labute approximate surface area is 134 Å². The van der Waals surface area contributed by atoms with Crippen molar-refractivity contribution in [1.82, 2.24) is 4.57 Å². The second kappa shape index (κ2) is 5.44. The minimum Gasteiger partial charge on any atom is -0.338 e. The van der Waals surface area contributed by atoms with E-state index in [-0.39, 0.29) is 5.82 Å². The lowest BCUT2D eigenvalue weighted by Gasteiger charge is -2.16. The number of hydrogen-bond donors (Lipinski definition) is 0. The van der Waals surface area contributed by atoms with Crippen molar-refractivity contribution in [2.75, 3.05) is 0 Å². The number of aromatic nitrogens is 1. The van der Waals surface area contributed by atoms with E-state index in [4.69, 9.17) is 11.6 Å². The zero-order valence-electron chi connectivity index (χ0n) is 12.3. The van der Waals surface area contributed by atoms with Crippen molar-refractivity contribution in [2.24, 2.45) is 0 Å². The van der Waals surface area contributed by atoms with Gasteiger partial charge in [0, 0.05) is 22.6 Å². The number of rotatable bonds is 2. The summed E-state index contributed by atoms with van der Waals surface area (Å²) in [5.74, 6) is -0.124. The third kappa shape index (κ3) is 2.22. The lowest BCUT2D eigenvalue weighted by atomic mass is 9.95. The van der Waals surface area contributed by atoms with Gasteiger partial charge in [-0.05, 0) is 55.0 Å². The van der Waals surface area contributed by atoms with Crippen LogP contribution in [0.4, 0.5) is 4.39 Å². The highest BCUT2D eigenvalue weighted by Crippen LogP contribution is 2.34. The molecule has 0 atom stereocenters. The molecule has 1 aromatic heterocycles. The van der Waals surface area contributed by atoms with Gasteiger partial charge < -0.3 is 4.57 Å². The molecule has 0 aliphatic heterocycles. The van der Waals surface area contributed by atoms with E-state index in [1.807, 2.05) is 30.3 Å². The Morgan fingerprint density at radius 2 is 1.77 bits per heavy atom. The summed E-state index contributed by atoms with van der Waals surface area (Å²) in [6.07, 6.45) is 4.48. The van der Waals surface area contributed by atoms with Gasteiger partial charge in [-0.1, -0.05) is 35.9 Å². The van der Waals surface area contributed by atoms with E-state index in [1.54, 1.807) is 6.07 Å². The van der Waals surface area contributed by atoms with Crippen molar-refractivity contribution in [3.8, 4) is 0 Å². The zero-order chi connectivity index (χ0) is 15.1. The van der Waals surface area contributed by atoms with Crippen molar-refractivity contribution in [3.63, 3.8) is 0 Å². The fourth-order valence-electron chi connectivity index (χ4n) is 3.59. The van der Waals surface area contributed by atoms with Crippen LogP contribution in [0.15, 0.2) is 42.5 Å². The van der Waals surface area contributed by atoms with Gasteiger partial charge in [0.05, 0.1) is 5.52 Å². The first-order chi connectivity index (χ1) is 10.7. The summed E-state index contributed by atoms with van der Waals surface area (Å²) in [6, 6.07) is 13.3. The minimum atomic E-state index is -0.124. The molecular weight excluding hydrogens is 297 g/mol. The van der Waals surface area contributed by atoms with Gasteiger partial charge in [-0.3, -0.25) is 0 Å². The molecule has 0 saturated heterocycles. The standard InChI is InChI=1S/C19H17ClFN/c20-14-10-8-13(9-11-14)12-22-18-7-2-1-4-15(18)16-5-3-6-17(21)19(16)22/h3,5-6,8-11H,1-2,4,7,12H2. The molecule has 0 bridgehead atoms. The van der Waals surface area contributed by atoms with Crippen LogP contribution in [-0.4, -0.2) is 4.57 Å². The SMILES string of the molecule is Fc1cccc2c3c(n(Cc4ccc(Cl)cc4)c12)CCCC3. The van der Waals surface area contributed by atoms with Gasteiger partial charge in [0.2, 0.25) is 0 Å². The maximum absolute atomic E-state index is 14.5. The molecule has 4 rings (SSSR count). The lowest BCUT2D eigenvalue weighted by Crippen LogP contribution is -2.09. The Morgan fingerprint density at radius 1 is 1.00 bits per heavy atom. The monoisotopic (exact) mass is 313 g/mol. The zero-order valence-corrected chi connectivity index (χ0v) is 13.0. The lowest BCUT2D eigenvalue weighted by molar-refractivity contribution is 0.612. The second-order valence-corrected chi connectivity index (χ2v) is 6.42. The van der Waals surface area contributed by atoms with Crippen molar-refractivity contribution < 1.29 is 4.39 Å². The van der Waals surface area contributed by atoms with E-state index in [1.165, 1.54) is 24.1 Å². The number of nitrogens with zero attached hydrogens (tertiary/aromatic N) is 1. The predicted molar refractivity (Wildman–Crippen MR) is 89.1 cm³/mol. The van der Waals surface area contributed by atoms with Crippen molar-refractivity contribution in [2.45, 2.75) is 32.2 Å². The van der Waals surface area contributed by atoms with Crippen molar-refractivity contribution in [1.29, 1.82) is 0 Å². The third-order valence-corrected chi connectivity index (χ3v) is 4.85. The molecule has 22 heavy (non-hydrogen) atoms. The molecule has 1 heterocycles. The summed E-state index contributed by atoms with van der Waals surface area (Å²) in [5, 5.41) is 1.82. The highest BCUT2D eigenvalue weighted by molar-refractivity contribution is 6.30. The summed E-state index contributed by atoms with van der Waals surface area (Å²) < 4.78 is 16.6. The number of halogens is 2. The summed E-state index contributed by atoms with van der Waals surface area (Å²) in [5.41, 5.74) is 4.55. The van der Waals surface area contributed by atoms with Crippen LogP contribution >= 0.6 is 11.6 Å². The van der Waals surface area contributed by atoms with Crippen LogP contribution in [0, 0.1) is 5.82 Å². The number of benzene rings is 2. The first kappa shape index (κ1) is 13.8. The normalized spacial score (nSPS) is 14.3. The average Bonchev–Trinajstić information content (AvgIpc) is 2.86. The summed E-state index contributed by atoms with van der Waals surface area (Å²) in [6.45, 7) is 0.698. The Bertz CT molecular complexity index is 833. The fourth-order valence-corrected chi connectivity index (χ4v) is 3.72. The van der Waals surface area contributed by atoms with E-state index < -0.39 is 0 Å². The van der Waals surface area contributed by atoms with Gasteiger partial charge in [-0.15, -0.1) is 0 Å². The Balaban J connectivity index is 1.90. The van der Waals surface area contributed by atoms with E-state index >= 15 is 0 Å². The van der Waals surface area contributed by atoms with Crippen LogP contribution in [0.5, 0.6) is 0 Å². The summed E-state index contributed by atoms with van der Waals surface area (Å²) in [4.78, 5) is 0. The van der Waals surface area contributed by atoms with E-state index in [0.29, 0.717) is 6.54 Å². The first-order valence-electron chi connectivity index (χ1n) is 7.77. The Morgan fingerprint density at radius 3 is 2.59 bits per heavy atom. The van der Waals surface area contributed by atoms with E-state index in [2.05, 4.69) is 10.6 Å². The minimum absolute atomic E-state index is 0.124. The highest BCUT2D eigenvalue weighted by atomic mass is 35.5. The molecule has 1 nitrogen and oxygen atoms in total. The van der Waals surface area contributed by atoms with Gasteiger partial charge in [-0.25, -0.2) is 4.39 Å². The molecule has 0 saturated carbocycles. The number of fused-ring (bicyclic) bond motifs is 3. The van der Waals surface area contributed by atoms with Gasteiger partial charge in [0.15, 0.2) is 0 Å². The van der Waals surface area contributed by atoms with Crippen LogP contribution in [-0.2, 0) is 19.4 Å². The average molecular weight is 314 g/mol. The van der Waals surface area contributed by atoms with Crippen LogP contribution < -0.4 is 0 Å². The smallest absolute Gasteiger partial charge is 0.147 e. The number of para-hydroxylation sites is 1. The van der Waals surface area contributed by atoms with Gasteiger partial charge >= 0.3 is 0 Å². The number of hydrogen-bond acceptors (Lipinski definition) is 0.